The summed E-state index contributed by atoms with van der Waals surface area (Å²) in [5.74, 6) is 6.28. The first-order chi connectivity index (χ1) is 14.4. The number of anilines is 1. The second-order valence-electron chi connectivity index (χ2n) is 8.11. The normalized spacial score (nSPS) is 11.4. The fourth-order valence-electron chi connectivity index (χ4n) is 2.73. The smallest absolute Gasteiger partial charge is 0.239 e. The Balaban J connectivity index is 1.69. The summed E-state index contributed by atoms with van der Waals surface area (Å²) in [5, 5.41) is 10.4. The monoisotopic (exact) mass is 423 g/mol. The zero-order valence-corrected chi connectivity index (χ0v) is 19.3. The van der Waals surface area contributed by atoms with Crippen molar-refractivity contribution >= 4 is 22.9 Å². The Morgan fingerprint density at radius 3 is 2.77 bits per heavy atom. The summed E-state index contributed by atoms with van der Waals surface area (Å²) in [7, 11) is 0. The average molecular weight is 424 g/mol. The highest BCUT2D eigenvalue weighted by Gasteiger charge is 2.05. The molecule has 0 unspecified atom stereocenters. The van der Waals surface area contributed by atoms with Crippen molar-refractivity contribution in [1.29, 1.82) is 0 Å². The number of likely N-dealkylation sites (N-methyl/N-ethyl adjacent to an activating group) is 1. The molecule has 1 aromatic carbocycles. The number of carbonyl (C=O) groups excluding carboxylic acids is 1. The number of thiophene rings is 1. The molecule has 0 aliphatic heterocycles. The maximum atomic E-state index is 12.2. The summed E-state index contributed by atoms with van der Waals surface area (Å²) in [6.45, 7) is 11.9. The second-order valence-corrected chi connectivity index (χ2v) is 8.89. The van der Waals surface area contributed by atoms with Crippen molar-refractivity contribution in [3.05, 3.63) is 53.2 Å². The van der Waals surface area contributed by atoms with Gasteiger partial charge in [-0.1, -0.05) is 37.0 Å². The number of hydrogen-bond donors (Lipinski definition) is 2. The summed E-state index contributed by atoms with van der Waals surface area (Å²) in [4.78, 5) is 14.4. The molecule has 1 aromatic heterocycles. The minimum atomic E-state index is -0.00132. The molecule has 0 saturated carbocycles. The average Bonchev–Trinajstić information content (AvgIpc) is 3.25. The summed E-state index contributed by atoms with van der Waals surface area (Å²) in [6.07, 6.45) is 3.99. The van der Waals surface area contributed by atoms with Crippen LogP contribution in [0.15, 0.2) is 53.2 Å². The van der Waals surface area contributed by atoms with E-state index in [4.69, 9.17) is 0 Å². The van der Waals surface area contributed by atoms with Crippen LogP contribution in [-0.2, 0) is 4.79 Å². The van der Waals surface area contributed by atoms with Crippen LogP contribution in [-0.4, -0.2) is 43.5 Å². The number of benzene rings is 1. The number of nitrogens with zero attached hydrogens (tertiary/aromatic N) is 1. The van der Waals surface area contributed by atoms with Gasteiger partial charge in [0.2, 0.25) is 5.91 Å². The molecular weight excluding hydrogens is 390 g/mol. The summed E-state index contributed by atoms with van der Waals surface area (Å²) in [5.41, 5.74) is 3.33. The van der Waals surface area contributed by atoms with Gasteiger partial charge in [0.25, 0.3) is 0 Å². The van der Waals surface area contributed by atoms with Gasteiger partial charge in [-0.25, -0.2) is 0 Å². The molecule has 2 N–H and O–H groups in total. The topological polar surface area (TPSA) is 44.4 Å². The number of hydrogen-bond acceptors (Lipinski definition) is 4. The lowest BCUT2D eigenvalue weighted by atomic mass is 9.98. The molecule has 160 valence electrons. The number of amides is 1. The van der Waals surface area contributed by atoms with Crippen molar-refractivity contribution in [2.24, 2.45) is 5.41 Å². The molecule has 4 nitrogen and oxygen atoms in total. The van der Waals surface area contributed by atoms with E-state index >= 15 is 0 Å². The first kappa shape index (κ1) is 23.7. The minimum absolute atomic E-state index is 0.00132. The highest BCUT2D eigenvalue weighted by atomic mass is 32.1. The lowest BCUT2D eigenvalue weighted by molar-refractivity contribution is -0.119. The molecule has 0 fully saturated rings. The van der Waals surface area contributed by atoms with Gasteiger partial charge in [-0.15, -0.1) is 0 Å². The van der Waals surface area contributed by atoms with E-state index in [1.807, 2.05) is 18.2 Å². The van der Waals surface area contributed by atoms with Crippen molar-refractivity contribution in [3.63, 3.8) is 0 Å². The van der Waals surface area contributed by atoms with Gasteiger partial charge in [0.05, 0.1) is 6.54 Å². The molecule has 0 radical (unpaired) electrons. The van der Waals surface area contributed by atoms with E-state index in [9.17, 15) is 4.79 Å². The first-order valence-electron chi connectivity index (χ1n) is 10.4. The van der Waals surface area contributed by atoms with E-state index in [1.165, 1.54) is 5.56 Å². The van der Waals surface area contributed by atoms with Crippen LogP contribution in [0, 0.1) is 17.3 Å². The predicted octanol–water partition coefficient (Wildman–Crippen LogP) is 4.87. The predicted molar refractivity (Wildman–Crippen MR) is 130 cm³/mol. The van der Waals surface area contributed by atoms with Gasteiger partial charge in [0.15, 0.2) is 0 Å². The fraction of sp³-hybridized carbons (Fsp3) is 0.400. The first-order valence-corrected chi connectivity index (χ1v) is 11.3. The zero-order chi connectivity index (χ0) is 21.8. The molecule has 30 heavy (non-hydrogen) atoms. The van der Waals surface area contributed by atoms with Crippen LogP contribution in [0.5, 0.6) is 0 Å². The molecule has 0 spiro atoms. The van der Waals surface area contributed by atoms with Crippen LogP contribution in [0.4, 0.5) is 5.69 Å². The Morgan fingerprint density at radius 1 is 1.23 bits per heavy atom. The van der Waals surface area contributed by atoms with Crippen molar-refractivity contribution in [1.82, 2.24) is 10.2 Å². The Morgan fingerprint density at radius 2 is 2.07 bits per heavy atom. The molecule has 0 saturated heterocycles. The third kappa shape index (κ3) is 9.30. The maximum Gasteiger partial charge on any atom is 0.239 e. The molecule has 0 aliphatic rings. The Hall–Kier alpha value is -2.55. The van der Waals surface area contributed by atoms with Crippen LogP contribution >= 0.6 is 11.3 Å². The van der Waals surface area contributed by atoms with Gasteiger partial charge < -0.3 is 10.6 Å². The van der Waals surface area contributed by atoms with Gasteiger partial charge in [-0.05, 0) is 73.5 Å². The molecular formula is C25H33N3OS. The van der Waals surface area contributed by atoms with E-state index in [0.29, 0.717) is 6.54 Å². The fourth-order valence-corrected chi connectivity index (χ4v) is 3.40. The maximum absolute atomic E-state index is 12.2. The number of rotatable bonds is 10. The summed E-state index contributed by atoms with van der Waals surface area (Å²) < 4.78 is 0. The number of nitrogens with one attached hydrogen (secondary N) is 2. The highest BCUT2D eigenvalue weighted by molar-refractivity contribution is 7.08. The van der Waals surface area contributed by atoms with E-state index < -0.39 is 0 Å². The van der Waals surface area contributed by atoms with Gasteiger partial charge in [0.1, 0.15) is 0 Å². The van der Waals surface area contributed by atoms with Crippen LogP contribution in [0.3, 0.4) is 0 Å². The van der Waals surface area contributed by atoms with Crippen molar-refractivity contribution in [2.45, 2.75) is 27.7 Å². The summed E-state index contributed by atoms with van der Waals surface area (Å²) in [6, 6.07) is 10.2. The SMILES string of the molecule is CCN(CC=CC#CC(C)(C)C)CCNC(=O)CNc1cccc(-c2ccsc2)c1. The lowest BCUT2D eigenvalue weighted by Gasteiger charge is -2.18. The van der Waals surface area contributed by atoms with E-state index in [1.54, 1.807) is 11.3 Å². The van der Waals surface area contributed by atoms with Crippen molar-refractivity contribution < 1.29 is 4.79 Å². The van der Waals surface area contributed by atoms with Gasteiger partial charge in [-0.2, -0.15) is 11.3 Å². The standard InChI is InChI=1S/C25H33N3OS/c1-5-28(15-8-6-7-13-25(2,3)4)16-14-26-24(29)19-27-23-11-9-10-21(18-23)22-12-17-30-20-22/h6,8-12,17-18,20,27H,5,14-16,19H2,1-4H3,(H,26,29). The summed E-state index contributed by atoms with van der Waals surface area (Å²) >= 11 is 1.68. The Labute approximate surface area is 185 Å². The lowest BCUT2D eigenvalue weighted by Crippen LogP contribution is -2.37. The molecule has 1 heterocycles. The Kier molecular flexibility index (Phi) is 9.66. The Bertz CT molecular complexity index is 870. The molecule has 0 aliphatic carbocycles. The van der Waals surface area contributed by atoms with E-state index in [0.717, 1.165) is 30.9 Å². The highest BCUT2D eigenvalue weighted by Crippen LogP contribution is 2.24. The molecule has 1 amide bonds. The number of allylic oxidation sites excluding steroid dienone is 1. The molecule has 2 rings (SSSR count). The van der Waals surface area contributed by atoms with E-state index in [2.05, 4.69) is 90.1 Å². The molecule has 2 aromatic rings. The number of carbonyl (C=O) groups is 1. The molecule has 0 bridgehead atoms. The van der Waals surface area contributed by atoms with Gasteiger partial charge >= 0.3 is 0 Å². The third-order valence-corrected chi connectivity index (χ3v) is 5.06. The molecule has 5 heteroatoms. The van der Waals surface area contributed by atoms with Gasteiger partial charge in [-0.3, -0.25) is 9.69 Å². The van der Waals surface area contributed by atoms with E-state index in [-0.39, 0.29) is 17.9 Å². The van der Waals surface area contributed by atoms with Crippen LogP contribution in [0.25, 0.3) is 11.1 Å². The zero-order valence-electron chi connectivity index (χ0n) is 18.5. The largest absolute Gasteiger partial charge is 0.376 e. The third-order valence-electron chi connectivity index (χ3n) is 4.38. The van der Waals surface area contributed by atoms with Crippen LogP contribution in [0.1, 0.15) is 27.7 Å². The van der Waals surface area contributed by atoms with Crippen molar-refractivity contribution in [2.75, 3.05) is 38.0 Å². The molecule has 0 atom stereocenters. The van der Waals surface area contributed by atoms with Crippen molar-refractivity contribution in [3.8, 4) is 23.0 Å². The van der Waals surface area contributed by atoms with Gasteiger partial charge in [0, 0.05) is 30.7 Å². The minimum Gasteiger partial charge on any atom is -0.376 e. The van der Waals surface area contributed by atoms with Crippen LogP contribution in [0.2, 0.25) is 0 Å². The second kappa shape index (κ2) is 12.2. The quantitative estimate of drug-likeness (QED) is 0.536. The van der Waals surface area contributed by atoms with Crippen LogP contribution < -0.4 is 10.6 Å².